The fraction of sp³-hybridized carbons (Fsp3) is 0.500. The van der Waals surface area contributed by atoms with Crippen molar-refractivity contribution in [2.75, 3.05) is 17.1 Å². The van der Waals surface area contributed by atoms with Gasteiger partial charge in [0.2, 0.25) is 21.8 Å². The number of carbonyl (C=O) groups excluding carboxylic acids is 2. The molecule has 1 aliphatic carbocycles. The van der Waals surface area contributed by atoms with Crippen LogP contribution in [0.15, 0.2) is 36.4 Å². The lowest BCUT2D eigenvalue weighted by atomic mass is 9.95. The molecule has 7 nitrogen and oxygen atoms in total. The number of hydrogen-bond donors (Lipinski definition) is 1. The van der Waals surface area contributed by atoms with Gasteiger partial charge in [-0.25, -0.2) is 8.42 Å². The van der Waals surface area contributed by atoms with Crippen molar-refractivity contribution in [2.45, 2.75) is 77.9 Å². The second-order valence-corrected chi connectivity index (χ2v) is 12.8. The van der Waals surface area contributed by atoms with Crippen LogP contribution < -0.4 is 9.62 Å². The maximum absolute atomic E-state index is 13.9. The number of halogens is 2. The SMILES string of the molecule is CC[C@H](C(=O)NC1CCCCC1)N(Cc1ccc(Cl)c(Cl)c1)C(=O)CN(c1ccc(C)cc1C)S(C)(=O)=O. The van der Waals surface area contributed by atoms with Gasteiger partial charge in [-0.05, 0) is 62.4 Å². The van der Waals surface area contributed by atoms with E-state index in [-0.39, 0.29) is 18.5 Å². The molecule has 2 aromatic rings. The highest BCUT2D eigenvalue weighted by Crippen LogP contribution is 2.27. The number of carbonyl (C=O) groups is 2. The number of nitrogens with one attached hydrogen (secondary N) is 1. The Kier molecular flexibility index (Phi) is 10.5. The van der Waals surface area contributed by atoms with Crippen LogP contribution in [0.25, 0.3) is 0 Å². The smallest absolute Gasteiger partial charge is 0.244 e. The highest BCUT2D eigenvalue weighted by Gasteiger charge is 2.33. The van der Waals surface area contributed by atoms with E-state index in [1.807, 2.05) is 32.9 Å². The maximum Gasteiger partial charge on any atom is 0.244 e. The molecule has 0 spiro atoms. The number of anilines is 1. The Hall–Kier alpha value is -2.29. The topological polar surface area (TPSA) is 86.8 Å². The van der Waals surface area contributed by atoms with E-state index in [1.165, 1.54) is 4.90 Å². The number of rotatable bonds is 10. The zero-order valence-corrected chi connectivity index (χ0v) is 24.8. The summed E-state index contributed by atoms with van der Waals surface area (Å²) in [6, 6.07) is 9.74. The van der Waals surface area contributed by atoms with Crippen LogP contribution in [0.1, 0.15) is 62.1 Å². The van der Waals surface area contributed by atoms with E-state index in [0.29, 0.717) is 27.7 Å². The molecule has 0 unspecified atom stereocenters. The zero-order valence-electron chi connectivity index (χ0n) is 22.5. The molecule has 10 heteroatoms. The van der Waals surface area contributed by atoms with Gasteiger partial charge in [-0.3, -0.25) is 13.9 Å². The van der Waals surface area contributed by atoms with Crippen molar-refractivity contribution in [3.05, 3.63) is 63.1 Å². The van der Waals surface area contributed by atoms with Crippen molar-refractivity contribution in [3.8, 4) is 0 Å². The number of aryl methyl sites for hydroxylation is 2. The van der Waals surface area contributed by atoms with Gasteiger partial charge in [0.05, 0.1) is 22.0 Å². The molecule has 0 bridgehead atoms. The molecule has 1 fully saturated rings. The summed E-state index contributed by atoms with van der Waals surface area (Å²) < 4.78 is 26.8. The third-order valence-corrected chi connectivity index (χ3v) is 8.84. The quantitative estimate of drug-likeness (QED) is 0.393. The second kappa shape index (κ2) is 13.2. The van der Waals surface area contributed by atoms with E-state index in [4.69, 9.17) is 23.2 Å². The minimum atomic E-state index is -3.80. The molecular formula is C28H37Cl2N3O4S. The minimum Gasteiger partial charge on any atom is -0.352 e. The average Bonchev–Trinajstić information content (AvgIpc) is 2.85. The molecule has 0 aromatic heterocycles. The molecular weight excluding hydrogens is 545 g/mol. The predicted octanol–water partition coefficient (Wildman–Crippen LogP) is 5.63. The van der Waals surface area contributed by atoms with Crippen LogP contribution in [0.5, 0.6) is 0 Å². The standard InChI is InChI=1S/C28H37Cl2N3O4S/c1-5-25(28(35)31-22-9-7-6-8-10-22)32(17-21-12-13-23(29)24(30)16-21)27(34)18-33(38(4,36)37)26-14-11-19(2)15-20(26)3/h11-16,22,25H,5-10,17-18H2,1-4H3,(H,31,35)/t25-/m1/s1. The molecule has 2 aromatic carbocycles. The van der Waals surface area contributed by atoms with Crippen molar-refractivity contribution >= 4 is 50.7 Å². The average molecular weight is 583 g/mol. The van der Waals surface area contributed by atoms with Crippen LogP contribution in [0, 0.1) is 13.8 Å². The molecule has 38 heavy (non-hydrogen) atoms. The third kappa shape index (κ3) is 7.87. The van der Waals surface area contributed by atoms with E-state index in [2.05, 4.69) is 5.32 Å². The van der Waals surface area contributed by atoms with Gasteiger partial charge in [0.15, 0.2) is 0 Å². The van der Waals surface area contributed by atoms with Gasteiger partial charge >= 0.3 is 0 Å². The minimum absolute atomic E-state index is 0.0787. The Morgan fingerprint density at radius 1 is 1.03 bits per heavy atom. The first-order valence-electron chi connectivity index (χ1n) is 13.0. The van der Waals surface area contributed by atoms with Gasteiger partial charge in [0.25, 0.3) is 0 Å². The van der Waals surface area contributed by atoms with Crippen molar-refractivity contribution in [3.63, 3.8) is 0 Å². The Labute approximate surface area is 236 Å². The normalized spacial score (nSPS) is 15.1. The lowest BCUT2D eigenvalue weighted by Gasteiger charge is -2.34. The maximum atomic E-state index is 13.9. The number of amides is 2. The summed E-state index contributed by atoms with van der Waals surface area (Å²) in [6.45, 7) is 5.22. The van der Waals surface area contributed by atoms with Gasteiger partial charge in [-0.2, -0.15) is 0 Å². The summed E-state index contributed by atoms with van der Waals surface area (Å²) in [7, 11) is -3.80. The van der Waals surface area contributed by atoms with Crippen LogP contribution in [0.4, 0.5) is 5.69 Å². The van der Waals surface area contributed by atoms with Crippen LogP contribution in [0.3, 0.4) is 0 Å². The number of benzene rings is 2. The molecule has 2 amide bonds. The molecule has 0 heterocycles. The molecule has 1 N–H and O–H groups in total. The van der Waals surface area contributed by atoms with Crippen molar-refractivity contribution in [1.82, 2.24) is 10.2 Å². The fourth-order valence-electron chi connectivity index (χ4n) is 4.98. The van der Waals surface area contributed by atoms with E-state index in [1.54, 1.807) is 24.3 Å². The van der Waals surface area contributed by atoms with E-state index in [0.717, 1.165) is 53.8 Å². The summed E-state index contributed by atoms with van der Waals surface area (Å²) in [5.74, 6) is -0.711. The highest BCUT2D eigenvalue weighted by molar-refractivity contribution is 7.92. The lowest BCUT2D eigenvalue weighted by molar-refractivity contribution is -0.140. The summed E-state index contributed by atoms with van der Waals surface area (Å²) in [5.41, 5.74) is 2.84. The molecule has 0 radical (unpaired) electrons. The lowest BCUT2D eigenvalue weighted by Crippen LogP contribution is -2.54. The molecule has 0 aliphatic heterocycles. The number of hydrogen-bond acceptors (Lipinski definition) is 4. The molecule has 1 saturated carbocycles. The first kappa shape index (κ1) is 30.3. The van der Waals surface area contributed by atoms with Gasteiger partial charge in [0, 0.05) is 12.6 Å². The summed E-state index contributed by atoms with van der Waals surface area (Å²) in [5, 5.41) is 3.85. The monoisotopic (exact) mass is 581 g/mol. The molecule has 1 atom stereocenters. The van der Waals surface area contributed by atoms with Gasteiger partial charge < -0.3 is 10.2 Å². The van der Waals surface area contributed by atoms with Gasteiger partial charge in [0.1, 0.15) is 12.6 Å². The third-order valence-electron chi connectivity index (χ3n) is 6.97. The van der Waals surface area contributed by atoms with Gasteiger partial charge in [-0.15, -0.1) is 0 Å². The van der Waals surface area contributed by atoms with E-state index >= 15 is 0 Å². The fourth-order valence-corrected chi connectivity index (χ4v) is 6.21. The second-order valence-electron chi connectivity index (χ2n) is 10.1. The summed E-state index contributed by atoms with van der Waals surface area (Å²) in [4.78, 5) is 28.8. The number of sulfonamides is 1. The van der Waals surface area contributed by atoms with Crippen molar-refractivity contribution < 1.29 is 18.0 Å². The molecule has 1 aliphatic rings. The van der Waals surface area contributed by atoms with Crippen molar-refractivity contribution in [1.29, 1.82) is 0 Å². The first-order chi connectivity index (χ1) is 17.9. The van der Waals surface area contributed by atoms with Crippen LogP contribution >= 0.6 is 23.2 Å². The van der Waals surface area contributed by atoms with Gasteiger partial charge in [-0.1, -0.05) is 73.2 Å². The van der Waals surface area contributed by atoms with Crippen LogP contribution in [-0.2, 0) is 26.2 Å². The summed E-state index contributed by atoms with van der Waals surface area (Å²) in [6.07, 6.45) is 6.56. The molecule has 3 rings (SSSR count). The zero-order chi connectivity index (χ0) is 28.0. The molecule has 208 valence electrons. The predicted molar refractivity (Wildman–Crippen MR) is 154 cm³/mol. The Balaban J connectivity index is 1.95. The van der Waals surface area contributed by atoms with Crippen LogP contribution in [0.2, 0.25) is 10.0 Å². The highest BCUT2D eigenvalue weighted by atomic mass is 35.5. The van der Waals surface area contributed by atoms with E-state index < -0.39 is 28.5 Å². The Bertz CT molecular complexity index is 1260. The largest absolute Gasteiger partial charge is 0.352 e. The van der Waals surface area contributed by atoms with Crippen LogP contribution in [-0.4, -0.2) is 50.0 Å². The first-order valence-corrected chi connectivity index (χ1v) is 15.6. The van der Waals surface area contributed by atoms with E-state index in [9.17, 15) is 18.0 Å². The molecule has 0 saturated heterocycles. The van der Waals surface area contributed by atoms with Crippen molar-refractivity contribution in [2.24, 2.45) is 0 Å². The Morgan fingerprint density at radius 3 is 2.29 bits per heavy atom. The number of nitrogens with zero attached hydrogens (tertiary/aromatic N) is 2. The Morgan fingerprint density at radius 2 is 1.71 bits per heavy atom. The summed E-state index contributed by atoms with van der Waals surface area (Å²) >= 11 is 12.3.